The fourth-order valence-electron chi connectivity index (χ4n) is 4.40. The number of hydrogen-bond acceptors (Lipinski definition) is 3. The third-order valence-electron chi connectivity index (χ3n) is 5.28. The Morgan fingerprint density at radius 2 is 1.52 bits per heavy atom. The van der Waals surface area contributed by atoms with Crippen molar-refractivity contribution in [2.45, 2.75) is 19.3 Å². The molecular weight excluding hydrogens is 290 g/mol. The fraction of sp³-hybridized carbons (Fsp3) is 0.438. The van der Waals surface area contributed by atoms with Crippen LogP contribution >= 0.6 is 11.6 Å². The van der Waals surface area contributed by atoms with E-state index >= 15 is 0 Å². The Labute approximate surface area is 127 Å². The van der Waals surface area contributed by atoms with E-state index in [-0.39, 0.29) is 23.7 Å². The van der Waals surface area contributed by atoms with Crippen molar-refractivity contribution >= 4 is 34.3 Å². The summed E-state index contributed by atoms with van der Waals surface area (Å²) in [5.74, 6) is 0.385. The third kappa shape index (κ3) is 1.72. The monoisotopic (exact) mass is 303 g/mol. The summed E-state index contributed by atoms with van der Waals surface area (Å²) >= 11 is 5.41. The predicted octanol–water partition coefficient (Wildman–Crippen LogP) is 2.60. The highest BCUT2D eigenvalue weighted by Crippen LogP contribution is 2.56. The van der Waals surface area contributed by atoms with Crippen LogP contribution < -0.4 is 4.90 Å². The summed E-state index contributed by atoms with van der Waals surface area (Å²) in [6.07, 6.45) is 3.16. The highest BCUT2D eigenvalue weighted by atomic mass is 35.5. The third-order valence-corrected chi connectivity index (χ3v) is 5.50. The molecule has 1 aromatic carbocycles. The fourth-order valence-corrected chi connectivity index (χ4v) is 4.53. The molecule has 4 rings (SSSR count). The summed E-state index contributed by atoms with van der Waals surface area (Å²) < 4.78 is 0. The number of benzene rings is 1. The largest absolute Gasteiger partial charge is 0.276 e. The molecule has 2 bridgehead atoms. The lowest BCUT2D eigenvalue weighted by Gasteiger charge is -2.19. The van der Waals surface area contributed by atoms with E-state index in [9.17, 15) is 14.4 Å². The number of carbonyl (C=O) groups excluding carboxylic acids is 3. The van der Waals surface area contributed by atoms with E-state index < -0.39 is 5.24 Å². The lowest BCUT2D eigenvalue weighted by molar-refractivity contribution is -0.123. The van der Waals surface area contributed by atoms with E-state index in [0.29, 0.717) is 23.1 Å². The van der Waals surface area contributed by atoms with Gasteiger partial charge in [-0.15, -0.1) is 0 Å². The summed E-state index contributed by atoms with van der Waals surface area (Å²) in [7, 11) is 0. The first-order valence-electron chi connectivity index (χ1n) is 7.25. The van der Waals surface area contributed by atoms with E-state index in [1.807, 2.05) is 0 Å². The van der Waals surface area contributed by atoms with Gasteiger partial charge in [0.05, 0.1) is 17.5 Å². The minimum atomic E-state index is -0.546. The van der Waals surface area contributed by atoms with Gasteiger partial charge in [0.2, 0.25) is 11.8 Å². The SMILES string of the molecule is O=C(Cl)c1ccc(N2C(=O)C3C4CCC(C4)C3C2=O)cc1. The molecule has 21 heavy (non-hydrogen) atoms. The zero-order chi connectivity index (χ0) is 14.7. The lowest BCUT2D eigenvalue weighted by atomic mass is 9.81. The number of carbonyl (C=O) groups is 3. The molecule has 5 heteroatoms. The van der Waals surface area contributed by atoms with Crippen LogP contribution in [0.15, 0.2) is 24.3 Å². The van der Waals surface area contributed by atoms with Crippen LogP contribution in [0.1, 0.15) is 29.6 Å². The molecule has 4 atom stereocenters. The molecule has 2 amide bonds. The molecule has 0 aromatic heterocycles. The molecule has 1 aliphatic heterocycles. The lowest BCUT2D eigenvalue weighted by Crippen LogP contribution is -2.32. The molecule has 108 valence electrons. The van der Waals surface area contributed by atoms with Crippen molar-refractivity contribution in [2.24, 2.45) is 23.7 Å². The number of halogens is 1. The maximum absolute atomic E-state index is 12.6. The summed E-state index contributed by atoms with van der Waals surface area (Å²) in [6, 6.07) is 6.34. The Kier molecular flexibility index (Phi) is 2.73. The van der Waals surface area contributed by atoms with Gasteiger partial charge in [0.25, 0.3) is 5.24 Å². The molecular formula is C16H14ClNO3. The van der Waals surface area contributed by atoms with Crippen LogP contribution in [0.4, 0.5) is 5.69 Å². The van der Waals surface area contributed by atoms with Crippen molar-refractivity contribution in [1.82, 2.24) is 0 Å². The zero-order valence-electron chi connectivity index (χ0n) is 11.3. The highest BCUT2D eigenvalue weighted by Gasteiger charge is 2.61. The van der Waals surface area contributed by atoms with Gasteiger partial charge in [0.1, 0.15) is 0 Å². The van der Waals surface area contributed by atoms with Crippen molar-refractivity contribution in [3.63, 3.8) is 0 Å². The number of rotatable bonds is 2. The number of nitrogens with zero attached hydrogens (tertiary/aromatic N) is 1. The van der Waals surface area contributed by atoms with Crippen LogP contribution in [0.2, 0.25) is 0 Å². The summed E-state index contributed by atoms with van der Waals surface area (Å²) in [5.41, 5.74) is 0.903. The maximum atomic E-state index is 12.6. The van der Waals surface area contributed by atoms with E-state index in [1.165, 1.54) is 4.90 Å². The van der Waals surface area contributed by atoms with Crippen LogP contribution in [-0.4, -0.2) is 17.1 Å². The minimum absolute atomic E-state index is 0.0675. The smallest absolute Gasteiger partial charge is 0.252 e. The Hall–Kier alpha value is -1.68. The number of fused-ring (bicyclic) bond motifs is 5. The quantitative estimate of drug-likeness (QED) is 0.623. The van der Waals surface area contributed by atoms with Crippen LogP contribution in [-0.2, 0) is 9.59 Å². The van der Waals surface area contributed by atoms with E-state index in [1.54, 1.807) is 24.3 Å². The number of anilines is 1. The zero-order valence-corrected chi connectivity index (χ0v) is 12.0. The Morgan fingerprint density at radius 1 is 1.00 bits per heavy atom. The summed E-state index contributed by atoms with van der Waals surface area (Å²) in [6.45, 7) is 0. The summed E-state index contributed by atoms with van der Waals surface area (Å²) in [4.78, 5) is 37.6. The number of imide groups is 1. The first-order chi connectivity index (χ1) is 10.1. The van der Waals surface area contributed by atoms with E-state index in [4.69, 9.17) is 11.6 Å². The van der Waals surface area contributed by atoms with Gasteiger partial charge in [-0.1, -0.05) is 0 Å². The van der Waals surface area contributed by atoms with E-state index in [2.05, 4.69) is 0 Å². The van der Waals surface area contributed by atoms with Gasteiger partial charge in [0.15, 0.2) is 0 Å². The minimum Gasteiger partial charge on any atom is -0.276 e. The second kappa shape index (κ2) is 4.41. The van der Waals surface area contributed by atoms with Gasteiger partial charge in [-0.05, 0) is 67.0 Å². The summed E-state index contributed by atoms with van der Waals surface area (Å²) in [5, 5.41) is -0.546. The molecule has 2 saturated carbocycles. The van der Waals surface area contributed by atoms with Crippen molar-refractivity contribution in [1.29, 1.82) is 0 Å². The maximum Gasteiger partial charge on any atom is 0.252 e. The molecule has 3 aliphatic rings. The molecule has 0 radical (unpaired) electrons. The van der Waals surface area contributed by atoms with Gasteiger partial charge in [-0.3, -0.25) is 19.3 Å². The average Bonchev–Trinajstić information content (AvgIpc) is 3.13. The Balaban J connectivity index is 1.68. The molecule has 4 nitrogen and oxygen atoms in total. The van der Waals surface area contributed by atoms with Gasteiger partial charge in [-0.2, -0.15) is 0 Å². The van der Waals surface area contributed by atoms with Crippen molar-refractivity contribution in [3.05, 3.63) is 29.8 Å². The van der Waals surface area contributed by atoms with E-state index in [0.717, 1.165) is 19.3 Å². The molecule has 0 N–H and O–H groups in total. The molecule has 0 spiro atoms. The Bertz CT molecular complexity index is 626. The standard InChI is InChI=1S/C16H14ClNO3/c17-14(19)8-3-5-11(6-4-8)18-15(20)12-9-1-2-10(7-9)13(12)16(18)21/h3-6,9-10,12-13H,1-2,7H2. The second-order valence-electron chi connectivity index (χ2n) is 6.22. The first-order valence-corrected chi connectivity index (χ1v) is 7.63. The van der Waals surface area contributed by atoms with Crippen molar-refractivity contribution in [3.8, 4) is 0 Å². The molecule has 3 fully saturated rings. The number of amides is 2. The molecule has 1 saturated heterocycles. The molecule has 1 aromatic rings. The van der Waals surface area contributed by atoms with Crippen molar-refractivity contribution in [2.75, 3.05) is 4.90 Å². The van der Waals surface area contributed by atoms with Gasteiger partial charge in [0, 0.05) is 5.56 Å². The van der Waals surface area contributed by atoms with Crippen molar-refractivity contribution < 1.29 is 14.4 Å². The molecule has 1 heterocycles. The normalized spacial score (nSPS) is 33.7. The molecule has 4 unspecified atom stereocenters. The average molecular weight is 304 g/mol. The second-order valence-corrected chi connectivity index (χ2v) is 6.56. The molecule has 2 aliphatic carbocycles. The van der Waals surface area contributed by atoms with Gasteiger partial charge >= 0.3 is 0 Å². The Morgan fingerprint density at radius 3 is 2.00 bits per heavy atom. The van der Waals surface area contributed by atoms with Crippen LogP contribution in [0.25, 0.3) is 0 Å². The highest BCUT2D eigenvalue weighted by molar-refractivity contribution is 6.67. The number of hydrogen-bond donors (Lipinski definition) is 0. The van der Waals surface area contributed by atoms with Crippen LogP contribution in [0.5, 0.6) is 0 Å². The van der Waals surface area contributed by atoms with Crippen LogP contribution in [0.3, 0.4) is 0 Å². The van der Waals surface area contributed by atoms with Gasteiger partial charge < -0.3 is 0 Å². The predicted molar refractivity (Wildman–Crippen MR) is 76.9 cm³/mol. The topological polar surface area (TPSA) is 54.5 Å². The first kappa shape index (κ1) is 13.0. The van der Waals surface area contributed by atoms with Crippen LogP contribution in [0, 0.1) is 23.7 Å². The van der Waals surface area contributed by atoms with Gasteiger partial charge in [-0.25, -0.2) is 0 Å².